The summed E-state index contributed by atoms with van der Waals surface area (Å²) in [7, 11) is 0. The molecule has 0 spiro atoms. The molecule has 2 aromatic heterocycles. The van der Waals surface area contributed by atoms with Crippen molar-refractivity contribution < 1.29 is 4.42 Å². The molecule has 0 fully saturated rings. The number of furan rings is 1. The molecule has 13 rings (SSSR count). The molecule has 3 heteroatoms. The quantitative estimate of drug-likeness (QED) is 0.144. The average molecular weight is 881 g/mol. The Morgan fingerprint density at radius 1 is 0.290 bits per heavy atom. The first-order chi connectivity index (χ1) is 34.2. The van der Waals surface area contributed by atoms with Crippen molar-refractivity contribution in [1.29, 1.82) is 0 Å². The normalized spacial score (nSPS) is 11.5. The minimum absolute atomic E-state index is 0.873. The van der Waals surface area contributed by atoms with Crippen LogP contribution in [0, 0.1) is 0 Å². The molecular weight excluding hydrogens is 837 g/mol. The van der Waals surface area contributed by atoms with Crippen molar-refractivity contribution in [3.05, 3.63) is 267 Å². The van der Waals surface area contributed by atoms with Crippen molar-refractivity contribution in [3.63, 3.8) is 0 Å². The lowest BCUT2D eigenvalue weighted by molar-refractivity contribution is 0.670. The Balaban J connectivity index is 0.837. The molecule has 0 radical (unpaired) electrons. The van der Waals surface area contributed by atoms with Gasteiger partial charge in [0.1, 0.15) is 11.2 Å². The molecule has 13 aromatic rings. The van der Waals surface area contributed by atoms with E-state index < -0.39 is 0 Å². The number of para-hydroxylation sites is 4. The van der Waals surface area contributed by atoms with E-state index >= 15 is 0 Å². The number of benzene rings is 11. The Labute approximate surface area is 401 Å². The van der Waals surface area contributed by atoms with Gasteiger partial charge in [-0.1, -0.05) is 194 Å². The fraction of sp³-hybridized carbons (Fsp3) is 0. The first kappa shape index (κ1) is 40.1. The zero-order valence-electron chi connectivity index (χ0n) is 37.7. The van der Waals surface area contributed by atoms with Crippen LogP contribution in [0.25, 0.3) is 105 Å². The summed E-state index contributed by atoms with van der Waals surface area (Å²) in [6.45, 7) is 0. The fourth-order valence-corrected chi connectivity index (χ4v) is 10.3. The summed E-state index contributed by atoms with van der Waals surface area (Å²) in [6, 6.07) is 95.8. The van der Waals surface area contributed by atoms with Crippen LogP contribution >= 0.6 is 0 Å². The Morgan fingerprint density at radius 2 is 0.797 bits per heavy atom. The van der Waals surface area contributed by atoms with Crippen LogP contribution in [0.3, 0.4) is 0 Å². The van der Waals surface area contributed by atoms with Crippen LogP contribution in [-0.2, 0) is 0 Å². The standard InChI is InChI=1S/C66H44N2O/c1-4-16-45(17-5-1)46-36-39-55(40-37-46)67(53-21-6-2-7-22-53)56-25-13-19-50(43-56)49-18-12-20-52(42-49)57-27-15-31-64-65(57)61-29-14-28-58(66(61)69-64)48-34-32-47(33-35-48)51-38-41-60-59-26-10-11-30-62(59)68(63(60)44-51)54-23-8-3-9-24-54/h1-44H. The summed E-state index contributed by atoms with van der Waals surface area (Å²) in [5.41, 5.74) is 20.1. The van der Waals surface area contributed by atoms with Crippen molar-refractivity contribution in [2.75, 3.05) is 4.90 Å². The van der Waals surface area contributed by atoms with E-state index in [-0.39, 0.29) is 0 Å². The highest BCUT2D eigenvalue weighted by Crippen LogP contribution is 2.43. The predicted octanol–water partition coefficient (Wildman–Crippen LogP) is 18.5. The maximum Gasteiger partial charge on any atom is 0.143 e. The van der Waals surface area contributed by atoms with Gasteiger partial charge in [0.05, 0.1) is 11.0 Å². The molecular formula is C66H44N2O. The second kappa shape index (κ2) is 16.9. The minimum Gasteiger partial charge on any atom is -0.455 e. The average Bonchev–Trinajstić information content (AvgIpc) is 3.98. The van der Waals surface area contributed by atoms with Crippen molar-refractivity contribution in [3.8, 4) is 61.3 Å². The van der Waals surface area contributed by atoms with Crippen molar-refractivity contribution in [2.24, 2.45) is 0 Å². The molecule has 3 nitrogen and oxygen atoms in total. The highest BCUT2D eigenvalue weighted by atomic mass is 16.3. The van der Waals surface area contributed by atoms with Crippen LogP contribution in [-0.4, -0.2) is 4.57 Å². The summed E-state index contributed by atoms with van der Waals surface area (Å²) in [5, 5.41) is 4.73. The van der Waals surface area contributed by atoms with Crippen LogP contribution < -0.4 is 4.90 Å². The van der Waals surface area contributed by atoms with Gasteiger partial charge in [0.15, 0.2) is 0 Å². The molecule has 0 N–H and O–H groups in total. The van der Waals surface area contributed by atoms with Crippen molar-refractivity contribution >= 4 is 60.8 Å². The van der Waals surface area contributed by atoms with E-state index in [1.807, 2.05) is 0 Å². The molecule has 0 aliphatic rings. The van der Waals surface area contributed by atoms with E-state index in [0.717, 1.165) is 78.1 Å². The third kappa shape index (κ3) is 7.16. The summed E-state index contributed by atoms with van der Waals surface area (Å²) in [6.07, 6.45) is 0. The second-order valence-corrected chi connectivity index (χ2v) is 17.7. The summed E-state index contributed by atoms with van der Waals surface area (Å²) < 4.78 is 9.19. The van der Waals surface area contributed by atoms with Gasteiger partial charge in [0.25, 0.3) is 0 Å². The van der Waals surface area contributed by atoms with E-state index in [2.05, 4.69) is 276 Å². The molecule has 11 aromatic carbocycles. The Hall–Kier alpha value is -9.18. The largest absolute Gasteiger partial charge is 0.455 e. The molecule has 0 amide bonds. The van der Waals surface area contributed by atoms with E-state index in [0.29, 0.717) is 0 Å². The molecule has 69 heavy (non-hydrogen) atoms. The summed E-state index contributed by atoms with van der Waals surface area (Å²) in [5.74, 6) is 0. The van der Waals surface area contributed by atoms with Crippen molar-refractivity contribution in [2.45, 2.75) is 0 Å². The fourth-order valence-electron chi connectivity index (χ4n) is 10.3. The molecule has 0 saturated carbocycles. The molecule has 0 aliphatic heterocycles. The maximum absolute atomic E-state index is 6.81. The molecule has 2 heterocycles. The van der Waals surface area contributed by atoms with Crippen LogP contribution in [0.4, 0.5) is 17.1 Å². The van der Waals surface area contributed by atoms with Gasteiger partial charge in [0, 0.05) is 49.9 Å². The molecule has 0 unspecified atom stereocenters. The van der Waals surface area contributed by atoms with E-state index in [9.17, 15) is 0 Å². The number of nitrogens with zero attached hydrogens (tertiary/aromatic N) is 2. The van der Waals surface area contributed by atoms with Gasteiger partial charge >= 0.3 is 0 Å². The first-order valence-electron chi connectivity index (χ1n) is 23.6. The Kier molecular flexibility index (Phi) is 9.84. The smallest absolute Gasteiger partial charge is 0.143 e. The number of fused-ring (bicyclic) bond motifs is 6. The molecule has 0 bridgehead atoms. The second-order valence-electron chi connectivity index (χ2n) is 17.7. The zero-order chi connectivity index (χ0) is 45.7. The lowest BCUT2D eigenvalue weighted by atomic mass is 9.94. The van der Waals surface area contributed by atoms with Crippen molar-refractivity contribution in [1.82, 2.24) is 4.57 Å². The lowest BCUT2D eigenvalue weighted by Crippen LogP contribution is -2.09. The predicted molar refractivity (Wildman–Crippen MR) is 290 cm³/mol. The van der Waals surface area contributed by atoms with Crippen LogP contribution in [0.1, 0.15) is 0 Å². The third-order valence-corrected chi connectivity index (χ3v) is 13.6. The van der Waals surface area contributed by atoms with Gasteiger partial charge in [-0.3, -0.25) is 0 Å². The minimum atomic E-state index is 0.873. The third-order valence-electron chi connectivity index (χ3n) is 13.6. The van der Waals surface area contributed by atoms with E-state index in [1.54, 1.807) is 0 Å². The molecule has 0 aliphatic carbocycles. The van der Waals surface area contributed by atoms with Crippen LogP contribution in [0.5, 0.6) is 0 Å². The molecule has 0 atom stereocenters. The Morgan fingerprint density at radius 3 is 1.61 bits per heavy atom. The topological polar surface area (TPSA) is 21.3 Å². The monoisotopic (exact) mass is 880 g/mol. The number of anilines is 3. The number of hydrogen-bond acceptors (Lipinski definition) is 2. The summed E-state index contributed by atoms with van der Waals surface area (Å²) in [4.78, 5) is 2.33. The highest BCUT2D eigenvalue weighted by molar-refractivity contribution is 6.16. The van der Waals surface area contributed by atoms with E-state index in [4.69, 9.17) is 4.42 Å². The number of aromatic nitrogens is 1. The van der Waals surface area contributed by atoms with E-state index in [1.165, 1.54) is 44.1 Å². The van der Waals surface area contributed by atoms with Gasteiger partial charge in [-0.25, -0.2) is 0 Å². The van der Waals surface area contributed by atoms with Crippen LogP contribution in [0.15, 0.2) is 271 Å². The lowest BCUT2D eigenvalue weighted by Gasteiger charge is -2.26. The van der Waals surface area contributed by atoms with Crippen LogP contribution in [0.2, 0.25) is 0 Å². The van der Waals surface area contributed by atoms with Gasteiger partial charge in [-0.15, -0.1) is 0 Å². The highest BCUT2D eigenvalue weighted by Gasteiger charge is 2.19. The molecule has 0 saturated heterocycles. The Bertz CT molecular complexity index is 3980. The van der Waals surface area contributed by atoms with Gasteiger partial charge in [-0.2, -0.15) is 0 Å². The summed E-state index contributed by atoms with van der Waals surface area (Å²) >= 11 is 0. The zero-order valence-corrected chi connectivity index (χ0v) is 37.7. The molecule has 324 valence electrons. The number of hydrogen-bond donors (Lipinski definition) is 0. The van der Waals surface area contributed by atoms with Gasteiger partial charge in [0.2, 0.25) is 0 Å². The van der Waals surface area contributed by atoms with Gasteiger partial charge in [-0.05, 0) is 123 Å². The first-order valence-corrected chi connectivity index (χ1v) is 23.6. The maximum atomic E-state index is 6.81. The van der Waals surface area contributed by atoms with Gasteiger partial charge < -0.3 is 13.9 Å². The SMILES string of the molecule is c1ccc(-c2ccc(N(c3ccccc3)c3cccc(-c4cccc(-c5cccc6oc7c(-c8ccc(-c9ccc%10c%11ccccc%11n(-c%11ccccc%11)c%10c9)cc8)cccc7c56)c4)c3)cc2)cc1. The number of rotatable bonds is 9.